The summed E-state index contributed by atoms with van der Waals surface area (Å²) in [6.45, 7) is 4.52. The highest BCUT2D eigenvalue weighted by molar-refractivity contribution is 8.00. The van der Waals surface area contributed by atoms with Crippen LogP contribution >= 0.6 is 11.8 Å². The molecule has 0 bridgehead atoms. The average molecular weight is 359 g/mol. The lowest BCUT2D eigenvalue weighted by Gasteiger charge is -2.12. The predicted molar refractivity (Wildman–Crippen MR) is 98.2 cm³/mol. The minimum absolute atomic E-state index is 0.227. The van der Waals surface area contributed by atoms with Crippen molar-refractivity contribution in [3.63, 3.8) is 0 Å². The Bertz CT molecular complexity index is 730. The molecule has 2 N–H and O–H groups in total. The van der Waals surface area contributed by atoms with E-state index in [1.165, 1.54) is 0 Å². The molecule has 0 fully saturated rings. The maximum absolute atomic E-state index is 12.5. The molecule has 2 aromatic carbocycles. The minimum atomic E-state index is -0.908. The third kappa shape index (κ3) is 5.53. The van der Waals surface area contributed by atoms with E-state index in [9.17, 15) is 9.59 Å². The highest BCUT2D eigenvalue weighted by atomic mass is 32.2. The number of carboxylic acids is 1. The molecule has 25 heavy (non-hydrogen) atoms. The number of nitrogens with one attached hydrogen (secondary N) is 1. The summed E-state index contributed by atoms with van der Waals surface area (Å²) in [5, 5.41) is 11.3. The van der Waals surface area contributed by atoms with Gasteiger partial charge in [0, 0.05) is 11.4 Å². The fourth-order valence-corrected chi connectivity index (χ4v) is 3.07. The number of hydrogen-bond donors (Lipinski definition) is 2. The van der Waals surface area contributed by atoms with E-state index in [1.807, 2.05) is 31.2 Å². The number of carbonyl (C=O) groups excluding carboxylic acids is 1. The lowest BCUT2D eigenvalue weighted by molar-refractivity contribution is -0.136. The molecule has 6 heteroatoms. The van der Waals surface area contributed by atoms with Gasteiger partial charge in [-0.2, -0.15) is 0 Å². The molecule has 0 spiro atoms. The second-order valence-electron chi connectivity index (χ2n) is 5.35. The Balaban J connectivity index is 2.02. The number of thioether (sulfide) groups is 1. The maximum Gasteiger partial charge on any atom is 0.316 e. The third-order valence-electron chi connectivity index (χ3n) is 3.47. The number of amides is 1. The molecule has 2 rings (SSSR count). The summed E-state index contributed by atoms with van der Waals surface area (Å²) in [6, 6.07) is 14.5. The number of ether oxygens (including phenoxy) is 1. The molecule has 1 amide bonds. The van der Waals surface area contributed by atoms with Crippen LogP contribution in [0.5, 0.6) is 5.75 Å². The molecule has 0 aliphatic rings. The van der Waals surface area contributed by atoms with Gasteiger partial charge in [-0.15, -0.1) is 11.8 Å². The first-order chi connectivity index (χ1) is 12.0. The molecule has 0 saturated heterocycles. The van der Waals surface area contributed by atoms with Crippen LogP contribution in [-0.4, -0.2) is 28.8 Å². The van der Waals surface area contributed by atoms with Crippen LogP contribution < -0.4 is 10.1 Å². The summed E-state index contributed by atoms with van der Waals surface area (Å²) in [7, 11) is 0. The van der Waals surface area contributed by atoms with E-state index in [0.717, 1.165) is 23.1 Å². The van der Waals surface area contributed by atoms with Gasteiger partial charge < -0.3 is 15.2 Å². The molecule has 1 atom stereocenters. The zero-order valence-corrected chi connectivity index (χ0v) is 15.0. The average Bonchev–Trinajstić information content (AvgIpc) is 2.61. The van der Waals surface area contributed by atoms with E-state index >= 15 is 0 Å². The van der Waals surface area contributed by atoms with Crippen molar-refractivity contribution in [2.45, 2.75) is 30.5 Å². The Kier molecular flexibility index (Phi) is 6.89. The van der Waals surface area contributed by atoms with Crippen molar-refractivity contribution in [2.75, 3.05) is 6.61 Å². The maximum atomic E-state index is 12.5. The standard InChI is InChI=1S/C19H21NO4S/c1-3-24-15-10-8-14(9-11-15)12-20-18(21)16-6-4-5-7-17(16)25-13(2)19(22)23/h4-11,13H,3,12H2,1-2H3,(H,20,21)(H,22,23). The Morgan fingerprint density at radius 2 is 1.84 bits per heavy atom. The molecule has 0 aliphatic carbocycles. The Morgan fingerprint density at radius 3 is 2.48 bits per heavy atom. The molecule has 132 valence electrons. The van der Waals surface area contributed by atoms with Crippen LogP contribution in [0.4, 0.5) is 0 Å². The minimum Gasteiger partial charge on any atom is -0.494 e. The predicted octanol–water partition coefficient (Wildman–Crippen LogP) is 3.58. The van der Waals surface area contributed by atoms with E-state index in [0.29, 0.717) is 23.6 Å². The van der Waals surface area contributed by atoms with Crippen molar-refractivity contribution in [1.82, 2.24) is 5.32 Å². The second-order valence-corrected chi connectivity index (χ2v) is 6.74. The van der Waals surface area contributed by atoms with Gasteiger partial charge in [-0.25, -0.2) is 0 Å². The Labute approximate surface area is 151 Å². The molecule has 0 heterocycles. The van der Waals surface area contributed by atoms with E-state index in [-0.39, 0.29) is 5.91 Å². The van der Waals surface area contributed by atoms with Gasteiger partial charge in [0.2, 0.25) is 0 Å². The van der Waals surface area contributed by atoms with Gasteiger partial charge in [-0.3, -0.25) is 9.59 Å². The van der Waals surface area contributed by atoms with E-state index in [4.69, 9.17) is 9.84 Å². The number of carbonyl (C=O) groups is 2. The largest absolute Gasteiger partial charge is 0.494 e. The van der Waals surface area contributed by atoms with Crippen molar-refractivity contribution in [3.05, 3.63) is 59.7 Å². The Hall–Kier alpha value is -2.47. The highest BCUT2D eigenvalue weighted by Gasteiger charge is 2.17. The van der Waals surface area contributed by atoms with Gasteiger partial charge >= 0.3 is 5.97 Å². The first-order valence-electron chi connectivity index (χ1n) is 7.99. The second kappa shape index (κ2) is 9.13. The number of carboxylic acid groups (broad SMARTS) is 1. The summed E-state index contributed by atoms with van der Waals surface area (Å²) in [5.74, 6) is -0.342. The summed E-state index contributed by atoms with van der Waals surface area (Å²) < 4.78 is 5.39. The quantitative estimate of drug-likeness (QED) is 0.705. The van der Waals surface area contributed by atoms with Crippen LogP contribution in [0.25, 0.3) is 0 Å². The van der Waals surface area contributed by atoms with Crippen LogP contribution in [0, 0.1) is 0 Å². The molecule has 2 aromatic rings. The van der Waals surface area contributed by atoms with Crippen LogP contribution in [0.2, 0.25) is 0 Å². The topological polar surface area (TPSA) is 75.6 Å². The monoisotopic (exact) mass is 359 g/mol. The number of hydrogen-bond acceptors (Lipinski definition) is 4. The number of benzene rings is 2. The fourth-order valence-electron chi connectivity index (χ4n) is 2.15. The van der Waals surface area contributed by atoms with Gasteiger partial charge in [0.05, 0.1) is 12.2 Å². The zero-order valence-electron chi connectivity index (χ0n) is 14.2. The molecular weight excluding hydrogens is 338 g/mol. The third-order valence-corrected chi connectivity index (χ3v) is 4.64. The van der Waals surface area contributed by atoms with Crippen LogP contribution in [0.15, 0.2) is 53.4 Å². The van der Waals surface area contributed by atoms with Crippen molar-refractivity contribution >= 4 is 23.6 Å². The molecule has 0 aromatic heterocycles. The van der Waals surface area contributed by atoms with Crippen LogP contribution in [0.3, 0.4) is 0 Å². The van der Waals surface area contributed by atoms with Crippen LogP contribution in [0.1, 0.15) is 29.8 Å². The molecule has 5 nitrogen and oxygen atoms in total. The SMILES string of the molecule is CCOc1ccc(CNC(=O)c2ccccc2SC(C)C(=O)O)cc1. The normalized spacial score (nSPS) is 11.6. The molecular formula is C19H21NO4S. The number of rotatable bonds is 8. The van der Waals surface area contributed by atoms with Gasteiger partial charge in [0.15, 0.2) is 0 Å². The van der Waals surface area contributed by atoms with Crippen LogP contribution in [-0.2, 0) is 11.3 Å². The van der Waals surface area contributed by atoms with Gasteiger partial charge in [-0.1, -0.05) is 24.3 Å². The van der Waals surface area contributed by atoms with Crippen molar-refractivity contribution in [2.24, 2.45) is 0 Å². The van der Waals surface area contributed by atoms with Gasteiger partial charge in [-0.05, 0) is 43.7 Å². The smallest absolute Gasteiger partial charge is 0.316 e. The van der Waals surface area contributed by atoms with Gasteiger partial charge in [0.25, 0.3) is 5.91 Å². The number of aliphatic carboxylic acids is 1. The van der Waals surface area contributed by atoms with E-state index in [2.05, 4.69) is 5.32 Å². The lowest BCUT2D eigenvalue weighted by atomic mass is 10.2. The van der Waals surface area contributed by atoms with E-state index < -0.39 is 11.2 Å². The van der Waals surface area contributed by atoms with E-state index in [1.54, 1.807) is 31.2 Å². The lowest BCUT2D eigenvalue weighted by Crippen LogP contribution is -2.23. The zero-order chi connectivity index (χ0) is 18.2. The molecule has 0 radical (unpaired) electrons. The molecule has 1 unspecified atom stereocenters. The van der Waals surface area contributed by atoms with Crippen molar-refractivity contribution in [1.29, 1.82) is 0 Å². The highest BCUT2D eigenvalue weighted by Crippen LogP contribution is 2.27. The first kappa shape index (κ1) is 18.9. The molecule has 0 saturated carbocycles. The van der Waals surface area contributed by atoms with Gasteiger partial charge in [0.1, 0.15) is 11.0 Å². The summed E-state index contributed by atoms with van der Waals surface area (Å²) in [5.41, 5.74) is 1.44. The molecule has 0 aliphatic heterocycles. The summed E-state index contributed by atoms with van der Waals surface area (Å²) in [4.78, 5) is 24.2. The first-order valence-corrected chi connectivity index (χ1v) is 8.87. The van der Waals surface area contributed by atoms with Crippen molar-refractivity contribution < 1.29 is 19.4 Å². The summed E-state index contributed by atoms with van der Waals surface area (Å²) >= 11 is 1.16. The van der Waals surface area contributed by atoms with Crippen molar-refractivity contribution in [3.8, 4) is 5.75 Å². The fraction of sp³-hybridized carbons (Fsp3) is 0.263. The Morgan fingerprint density at radius 1 is 1.16 bits per heavy atom. The summed E-state index contributed by atoms with van der Waals surface area (Å²) in [6.07, 6.45) is 0.